The molecular weight excluding hydrogens is 264 g/mol. The zero-order valence-electron chi connectivity index (χ0n) is 11.7. The highest BCUT2D eigenvalue weighted by Crippen LogP contribution is 2.38. The number of hydrogen-bond acceptors (Lipinski definition) is 4. The molecule has 19 heavy (non-hydrogen) atoms. The van der Waals surface area contributed by atoms with Gasteiger partial charge in [-0.05, 0) is 25.2 Å². The van der Waals surface area contributed by atoms with Crippen LogP contribution in [0.5, 0.6) is 0 Å². The lowest BCUT2D eigenvalue weighted by atomic mass is 9.88. The number of aryl methyl sites for hydroxylation is 1. The lowest BCUT2D eigenvalue weighted by Crippen LogP contribution is -2.41. The molecule has 0 aromatic carbocycles. The van der Waals surface area contributed by atoms with Crippen LogP contribution in [0.2, 0.25) is 0 Å². The van der Waals surface area contributed by atoms with E-state index in [1.807, 2.05) is 0 Å². The maximum atomic E-state index is 12.4. The van der Waals surface area contributed by atoms with Crippen molar-refractivity contribution in [2.24, 2.45) is 11.1 Å². The number of nitrogens with two attached hydrogens (primary N) is 1. The second kappa shape index (κ2) is 4.88. The summed E-state index contributed by atoms with van der Waals surface area (Å²) in [5.41, 5.74) is 6.85. The monoisotopic (exact) mass is 286 g/mol. The highest BCUT2D eigenvalue weighted by molar-refractivity contribution is 7.89. The molecule has 0 saturated heterocycles. The first-order chi connectivity index (χ1) is 8.78. The van der Waals surface area contributed by atoms with E-state index in [4.69, 9.17) is 5.73 Å². The van der Waals surface area contributed by atoms with Gasteiger partial charge in [0.25, 0.3) is 10.0 Å². The highest BCUT2D eigenvalue weighted by Gasteiger charge is 2.38. The molecule has 4 N–H and O–H groups in total. The van der Waals surface area contributed by atoms with E-state index in [1.165, 1.54) is 0 Å². The largest absolute Gasteiger partial charge is 0.326 e. The molecule has 6 nitrogen and oxygen atoms in total. The topological polar surface area (TPSA) is 101 Å². The molecule has 0 amide bonds. The summed E-state index contributed by atoms with van der Waals surface area (Å²) >= 11 is 0. The maximum Gasteiger partial charge on any atom is 0.260 e. The van der Waals surface area contributed by atoms with Crippen LogP contribution in [0.3, 0.4) is 0 Å². The van der Waals surface area contributed by atoms with Crippen molar-refractivity contribution in [2.75, 3.05) is 0 Å². The van der Waals surface area contributed by atoms with E-state index in [2.05, 4.69) is 28.8 Å². The predicted molar refractivity (Wildman–Crippen MR) is 73.0 cm³/mol. The molecule has 1 unspecified atom stereocenters. The van der Waals surface area contributed by atoms with Crippen molar-refractivity contribution < 1.29 is 8.42 Å². The molecule has 1 fully saturated rings. The highest BCUT2D eigenvalue weighted by atomic mass is 32.2. The van der Waals surface area contributed by atoms with Crippen LogP contribution < -0.4 is 10.5 Å². The molecule has 0 bridgehead atoms. The lowest BCUT2D eigenvalue weighted by molar-refractivity contribution is 0.312. The van der Waals surface area contributed by atoms with Crippen LogP contribution >= 0.6 is 0 Å². The van der Waals surface area contributed by atoms with Crippen molar-refractivity contribution in [1.29, 1.82) is 0 Å². The second-order valence-electron chi connectivity index (χ2n) is 5.89. The molecule has 1 aromatic rings. The molecule has 2 rings (SSSR count). The zero-order chi connectivity index (χ0) is 14.3. The minimum absolute atomic E-state index is 0.0126. The van der Waals surface area contributed by atoms with Gasteiger partial charge in [-0.25, -0.2) is 13.1 Å². The summed E-state index contributed by atoms with van der Waals surface area (Å²) in [6.07, 6.45) is 2.95. The molecule has 7 heteroatoms. The van der Waals surface area contributed by atoms with Crippen LogP contribution in [-0.2, 0) is 16.6 Å². The lowest BCUT2D eigenvalue weighted by Gasteiger charge is -2.27. The van der Waals surface area contributed by atoms with E-state index in [1.54, 1.807) is 6.92 Å². The third-order valence-electron chi connectivity index (χ3n) is 4.05. The van der Waals surface area contributed by atoms with Gasteiger partial charge in [0.05, 0.1) is 0 Å². The van der Waals surface area contributed by atoms with Crippen LogP contribution in [-0.4, -0.2) is 24.7 Å². The Morgan fingerprint density at radius 3 is 2.74 bits per heavy atom. The van der Waals surface area contributed by atoms with Crippen LogP contribution in [0.25, 0.3) is 0 Å². The Hall–Kier alpha value is -0.920. The summed E-state index contributed by atoms with van der Waals surface area (Å²) in [7, 11) is -3.61. The second-order valence-corrected chi connectivity index (χ2v) is 7.52. The molecule has 1 saturated carbocycles. The number of sulfonamides is 1. The summed E-state index contributed by atoms with van der Waals surface area (Å²) in [4.78, 5) is 0. The third-order valence-corrected chi connectivity index (χ3v) is 5.49. The van der Waals surface area contributed by atoms with Crippen molar-refractivity contribution >= 4 is 10.0 Å². The predicted octanol–water partition coefficient (Wildman–Crippen LogP) is 1.03. The van der Waals surface area contributed by atoms with E-state index in [9.17, 15) is 8.42 Å². The van der Waals surface area contributed by atoms with Crippen molar-refractivity contribution in [3.63, 3.8) is 0 Å². The summed E-state index contributed by atoms with van der Waals surface area (Å²) in [6.45, 7) is 6.11. The number of aromatic amines is 1. The van der Waals surface area contributed by atoms with Gasteiger partial charge in [0.1, 0.15) is 0 Å². The van der Waals surface area contributed by atoms with E-state index in [0.717, 1.165) is 19.3 Å². The molecule has 1 aliphatic carbocycles. The Morgan fingerprint density at radius 2 is 2.21 bits per heavy atom. The molecule has 1 atom stereocenters. The number of hydrogen-bond donors (Lipinski definition) is 3. The molecule has 0 spiro atoms. The third kappa shape index (κ3) is 2.68. The normalized spacial score (nSPS) is 22.8. The van der Waals surface area contributed by atoms with E-state index in [0.29, 0.717) is 11.3 Å². The van der Waals surface area contributed by atoms with Gasteiger partial charge in [-0.1, -0.05) is 20.3 Å². The average Bonchev–Trinajstić information content (AvgIpc) is 2.82. The fourth-order valence-corrected chi connectivity index (χ4v) is 4.33. The van der Waals surface area contributed by atoms with Gasteiger partial charge >= 0.3 is 0 Å². The van der Waals surface area contributed by atoms with E-state index in [-0.39, 0.29) is 23.0 Å². The summed E-state index contributed by atoms with van der Waals surface area (Å²) in [5.74, 6) is 0. The van der Waals surface area contributed by atoms with Crippen LogP contribution in [0, 0.1) is 12.3 Å². The van der Waals surface area contributed by atoms with Gasteiger partial charge < -0.3 is 5.73 Å². The Kier molecular flexibility index (Phi) is 3.72. The Balaban J connectivity index is 2.28. The van der Waals surface area contributed by atoms with Gasteiger partial charge in [-0.3, -0.25) is 5.10 Å². The molecule has 1 heterocycles. The van der Waals surface area contributed by atoms with Crippen LogP contribution in [0.1, 0.15) is 44.4 Å². The minimum atomic E-state index is -3.61. The van der Waals surface area contributed by atoms with Crippen molar-refractivity contribution in [1.82, 2.24) is 14.9 Å². The Labute approximate surface area is 114 Å². The average molecular weight is 286 g/mol. The SMILES string of the molecule is Cc1[nH]nc(S(=O)(=O)NC2CCCC2(C)C)c1CN. The molecular formula is C12H22N4O2S. The Bertz CT molecular complexity index is 562. The minimum Gasteiger partial charge on any atom is -0.326 e. The number of rotatable bonds is 4. The van der Waals surface area contributed by atoms with Crippen molar-refractivity contribution in [2.45, 2.75) is 57.6 Å². The van der Waals surface area contributed by atoms with Gasteiger partial charge in [0, 0.05) is 23.8 Å². The number of nitrogens with zero attached hydrogens (tertiary/aromatic N) is 1. The number of aromatic nitrogens is 2. The van der Waals surface area contributed by atoms with Crippen LogP contribution in [0.4, 0.5) is 0 Å². The first kappa shape index (κ1) is 14.5. The van der Waals surface area contributed by atoms with Gasteiger partial charge in [0.2, 0.25) is 0 Å². The molecule has 0 aliphatic heterocycles. The summed E-state index contributed by atoms with van der Waals surface area (Å²) in [6, 6.07) is -0.0415. The van der Waals surface area contributed by atoms with Crippen molar-refractivity contribution in [3.05, 3.63) is 11.3 Å². The first-order valence-electron chi connectivity index (χ1n) is 6.54. The van der Waals surface area contributed by atoms with Gasteiger partial charge in [0.15, 0.2) is 5.03 Å². The number of nitrogens with one attached hydrogen (secondary N) is 2. The molecule has 1 aromatic heterocycles. The van der Waals surface area contributed by atoms with E-state index < -0.39 is 10.0 Å². The summed E-state index contributed by atoms with van der Waals surface area (Å²) in [5, 5.41) is 6.62. The summed E-state index contributed by atoms with van der Waals surface area (Å²) < 4.78 is 27.6. The number of H-pyrrole nitrogens is 1. The molecule has 0 radical (unpaired) electrons. The zero-order valence-corrected chi connectivity index (χ0v) is 12.5. The van der Waals surface area contributed by atoms with Gasteiger partial charge in [-0.2, -0.15) is 5.10 Å². The molecule has 1 aliphatic rings. The molecule has 108 valence electrons. The fraction of sp³-hybridized carbons (Fsp3) is 0.750. The maximum absolute atomic E-state index is 12.4. The van der Waals surface area contributed by atoms with E-state index >= 15 is 0 Å². The smallest absolute Gasteiger partial charge is 0.260 e. The van der Waals surface area contributed by atoms with Gasteiger partial charge in [-0.15, -0.1) is 0 Å². The quantitative estimate of drug-likeness (QED) is 0.769. The first-order valence-corrected chi connectivity index (χ1v) is 8.02. The van der Waals surface area contributed by atoms with Crippen molar-refractivity contribution in [3.8, 4) is 0 Å². The fourth-order valence-electron chi connectivity index (χ4n) is 2.68. The standard InChI is InChI=1S/C12H22N4O2S/c1-8-9(7-13)11(15-14-8)19(17,18)16-10-5-4-6-12(10,2)3/h10,16H,4-7,13H2,1-3H3,(H,14,15). The Morgan fingerprint density at radius 1 is 1.53 bits per heavy atom. The van der Waals surface area contributed by atoms with Crippen LogP contribution in [0.15, 0.2) is 5.03 Å².